The van der Waals surface area contributed by atoms with E-state index in [0.29, 0.717) is 17.1 Å². The third kappa shape index (κ3) is 2.26. The molecule has 0 saturated carbocycles. The Kier molecular flexibility index (Phi) is 3.07. The van der Waals surface area contributed by atoms with Crippen molar-refractivity contribution in [3.8, 4) is 0 Å². The molecule has 1 aliphatic rings. The molecule has 1 heterocycles. The molecule has 2 aromatic carbocycles. The minimum atomic E-state index is -0.259. The Balaban J connectivity index is 1.89. The Morgan fingerprint density at radius 3 is 2.89 bits per heavy atom. The van der Waals surface area contributed by atoms with Gasteiger partial charge in [0.25, 0.3) is 0 Å². The molecule has 0 amide bonds. The van der Waals surface area contributed by atoms with E-state index in [2.05, 4.69) is 4.90 Å². The molecule has 0 unspecified atom stereocenters. The first-order valence-corrected chi connectivity index (χ1v) is 6.59. The fraction of sp³-hybridized carbons (Fsp3) is 0.200. The fourth-order valence-corrected chi connectivity index (χ4v) is 2.71. The van der Waals surface area contributed by atoms with Crippen molar-refractivity contribution >= 4 is 23.0 Å². The van der Waals surface area contributed by atoms with Crippen molar-refractivity contribution in [3.05, 3.63) is 58.4 Å². The van der Waals surface area contributed by atoms with Gasteiger partial charge in [0, 0.05) is 40.6 Å². The molecule has 0 spiro atoms. The van der Waals surface area contributed by atoms with Gasteiger partial charge in [0.05, 0.1) is 0 Å². The van der Waals surface area contributed by atoms with Crippen molar-refractivity contribution in [2.75, 3.05) is 17.2 Å². The molecule has 1 aliphatic heterocycles. The maximum atomic E-state index is 13.8. The van der Waals surface area contributed by atoms with Gasteiger partial charge in [0.1, 0.15) is 5.82 Å². The number of rotatable bonds is 2. The molecule has 2 nitrogen and oxygen atoms in total. The van der Waals surface area contributed by atoms with Crippen LogP contribution in [0.25, 0.3) is 0 Å². The van der Waals surface area contributed by atoms with E-state index in [1.165, 1.54) is 6.07 Å². The molecule has 0 radical (unpaired) electrons. The summed E-state index contributed by atoms with van der Waals surface area (Å²) in [4.78, 5) is 2.15. The summed E-state index contributed by atoms with van der Waals surface area (Å²) in [7, 11) is 0. The van der Waals surface area contributed by atoms with Gasteiger partial charge >= 0.3 is 0 Å². The second-order valence-electron chi connectivity index (χ2n) is 4.75. The average molecular weight is 277 g/mol. The van der Waals surface area contributed by atoms with E-state index in [9.17, 15) is 4.39 Å². The maximum Gasteiger partial charge on any atom is 0.129 e. The van der Waals surface area contributed by atoms with Crippen molar-refractivity contribution in [1.82, 2.24) is 0 Å². The van der Waals surface area contributed by atoms with Crippen LogP contribution in [0.15, 0.2) is 36.4 Å². The molecule has 2 aromatic rings. The van der Waals surface area contributed by atoms with Crippen molar-refractivity contribution in [2.24, 2.45) is 0 Å². The number of hydrogen-bond donors (Lipinski definition) is 1. The predicted molar refractivity (Wildman–Crippen MR) is 77.0 cm³/mol. The van der Waals surface area contributed by atoms with Crippen molar-refractivity contribution in [2.45, 2.75) is 13.0 Å². The molecule has 0 aromatic heterocycles. The summed E-state index contributed by atoms with van der Waals surface area (Å²) < 4.78 is 13.8. The van der Waals surface area contributed by atoms with Crippen molar-refractivity contribution in [3.63, 3.8) is 0 Å². The highest BCUT2D eigenvalue weighted by Gasteiger charge is 2.21. The summed E-state index contributed by atoms with van der Waals surface area (Å²) >= 11 is 5.77. The SMILES string of the molecule is Nc1cccc2c1CCN2Cc1ccc(Cl)cc1F. The molecule has 2 N–H and O–H groups in total. The van der Waals surface area contributed by atoms with Crippen LogP contribution in [0.1, 0.15) is 11.1 Å². The van der Waals surface area contributed by atoms with Gasteiger partial charge in [0.15, 0.2) is 0 Å². The lowest BCUT2D eigenvalue weighted by atomic mass is 10.1. The largest absolute Gasteiger partial charge is 0.398 e. The van der Waals surface area contributed by atoms with Crippen LogP contribution >= 0.6 is 11.6 Å². The number of fused-ring (bicyclic) bond motifs is 1. The molecular weight excluding hydrogens is 263 g/mol. The minimum Gasteiger partial charge on any atom is -0.398 e. The number of nitrogens with two attached hydrogens (primary N) is 1. The van der Waals surface area contributed by atoms with Gasteiger partial charge in [-0.25, -0.2) is 4.39 Å². The van der Waals surface area contributed by atoms with Crippen LogP contribution in [-0.2, 0) is 13.0 Å². The molecule has 0 atom stereocenters. The number of halogens is 2. The third-order valence-electron chi connectivity index (χ3n) is 3.54. The Bertz CT molecular complexity index is 628. The molecule has 3 rings (SSSR count). The Morgan fingerprint density at radius 1 is 1.26 bits per heavy atom. The van der Waals surface area contributed by atoms with Crippen LogP contribution in [-0.4, -0.2) is 6.54 Å². The summed E-state index contributed by atoms with van der Waals surface area (Å²) in [6.45, 7) is 1.41. The highest BCUT2D eigenvalue weighted by atomic mass is 35.5. The molecule has 98 valence electrons. The van der Waals surface area contributed by atoms with Crippen LogP contribution in [0.2, 0.25) is 5.02 Å². The number of anilines is 2. The molecule has 4 heteroatoms. The smallest absolute Gasteiger partial charge is 0.129 e. The standard InChI is InChI=1S/C15H14ClFN2/c16-11-5-4-10(13(17)8-11)9-19-7-6-12-14(18)2-1-3-15(12)19/h1-5,8H,6-7,9,18H2. The Hall–Kier alpha value is -1.74. The summed E-state index contributed by atoms with van der Waals surface area (Å²) in [6.07, 6.45) is 0.914. The Labute approximate surface area is 116 Å². The van der Waals surface area contributed by atoms with Crippen LogP contribution in [0.3, 0.4) is 0 Å². The molecule has 0 aliphatic carbocycles. The first-order chi connectivity index (χ1) is 9.15. The average Bonchev–Trinajstić information content (AvgIpc) is 2.78. The monoisotopic (exact) mass is 276 g/mol. The lowest BCUT2D eigenvalue weighted by Gasteiger charge is -2.20. The van der Waals surface area contributed by atoms with E-state index in [0.717, 1.165) is 29.9 Å². The summed E-state index contributed by atoms with van der Waals surface area (Å²) in [6, 6.07) is 10.7. The lowest BCUT2D eigenvalue weighted by molar-refractivity contribution is 0.606. The zero-order valence-electron chi connectivity index (χ0n) is 10.4. The number of hydrogen-bond acceptors (Lipinski definition) is 2. The summed E-state index contributed by atoms with van der Waals surface area (Å²) in [5, 5.41) is 0.423. The second-order valence-corrected chi connectivity index (χ2v) is 5.19. The zero-order chi connectivity index (χ0) is 13.4. The first-order valence-electron chi connectivity index (χ1n) is 6.21. The van der Waals surface area contributed by atoms with E-state index in [-0.39, 0.29) is 5.82 Å². The van der Waals surface area contributed by atoms with Gasteiger partial charge in [-0.05, 0) is 30.7 Å². The van der Waals surface area contributed by atoms with Crippen LogP contribution < -0.4 is 10.6 Å². The minimum absolute atomic E-state index is 0.259. The van der Waals surface area contributed by atoms with E-state index in [1.54, 1.807) is 12.1 Å². The number of nitrogens with zero attached hydrogens (tertiary/aromatic N) is 1. The van der Waals surface area contributed by atoms with Gasteiger partial charge in [-0.2, -0.15) is 0 Å². The van der Waals surface area contributed by atoms with Gasteiger partial charge < -0.3 is 10.6 Å². The first kappa shape index (κ1) is 12.3. The van der Waals surface area contributed by atoms with Crippen LogP contribution in [0, 0.1) is 5.82 Å². The fourth-order valence-electron chi connectivity index (χ4n) is 2.55. The van der Waals surface area contributed by atoms with Crippen molar-refractivity contribution in [1.29, 1.82) is 0 Å². The number of nitrogen functional groups attached to an aromatic ring is 1. The highest BCUT2D eigenvalue weighted by Crippen LogP contribution is 2.33. The van der Waals surface area contributed by atoms with E-state index < -0.39 is 0 Å². The number of benzene rings is 2. The summed E-state index contributed by atoms with van der Waals surface area (Å²) in [5.41, 5.74) is 9.70. The van der Waals surface area contributed by atoms with Crippen molar-refractivity contribution < 1.29 is 4.39 Å². The predicted octanol–water partition coefficient (Wildman–Crippen LogP) is 3.62. The van der Waals surface area contributed by atoms with Crippen LogP contribution in [0.5, 0.6) is 0 Å². The lowest BCUT2D eigenvalue weighted by Crippen LogP contribution is -2.20. The van der Waals surface area contributed by atoms with Crippen LogP contribution in [0.4, 0.5) is 15.8 Å². The molecule has 0 fully saturated rings. The quantitative estimate of drug-likeness (QED) is 0.849. The summed E-state index contributed by atoms with van der Waals surface area (Å²) in [5.74, 6) is -0.259. The Morgan fingerprint density at radius 2 is 2.11 bits per heavy atom. The molecule has 0 saturated heterocycles. The normalized spacial score (nSPS) is 13.7. The van der Waals surface area contributed by atoms with Gasteiger partial charge in [-0.3, -0.25) is 0 Å². The van der Waals surface area contributed by atoms with Gasteiger partial charge in [-0.15, -0.1) is 0 Å². The molecular formula is C15H14ClFN2. The van der Waals surface area contributed by atoms with E-state index in [1.807, 2.05) is 18.2 Å². The van der Waals surface area contributed by atoms with Gasteiger partial charge in [0.2, 0.25) is 0 Å². The highest BCUT2D eigenvalue weighted by molar-refractivity contribution is 6.30. The van der Waals surface area contributed by atoms with Gasteiger partial charge in [-0.1, -0.05) is 23.7 Å². The van der Waals surface area contributed by atoms with E-state index in [4.69, 9.17) is 17.3 Å². The molecule has 19 heavy (non-hydrogen) atoms. The topological polar surface area (TPSA) is 29.3 Å². The molecule has 0 bridgehead atoms. The third-order valence-corrected chi connectivity index (χ3v) is 3.77. The van der Waals surface area contributed by atoms with E-state index >= 15 is 0 Å². The maximum absolute atomic E-state index is 13.8. The zero-order valence-corrected chi connectivity index (χ0v) is 11.1. The second kappa shape index (κ2) is 4.74.